The summed E-state index contributed by atoms with van der Waals surface area (Å²) in [6.45, 7) is 1.85. The van der Waals surface area contributed by atoms with Gasteiger partial charge >= 0.3 is 5.69 Å². The first-order valence-corrected chi connectivity index (χ1v) is 9.26. The molecule has 27 heavy (non-hydrogen) atoms. The van der Waals surface area contributed by atoms with Crippen LogP contribution in [0.15, 0.2) is 65.5 Å². The minimum Gasteiger partial charge on any atom is -0.339 e. The van der Waals surface area contributed by atoms with E-state index in [0.717, 1.165) is 29.8 Å². The molecule has 6 nitrogen and oxygen atoms in total. The summed E-state index contributed by atoms with van der Waals surface area (Å²) in [7, 11) is 0. The third-order valence-corrected chi connectivity index (χ3v) is 5.14. The fourth-order valence-electron chi connectivity index (χ4n) is 3.66. The number of rotatable bonds is 4. The monoisotopic (exact) mass is 362 g/mol. The number of carbonyl (C=O) groups is 1. The van der Waals surface area contributed by atoms with Crippen molar-refractivity contribution in [2.45, 2.75) is 25.3 Å². The lowest BCUT2D eigenvalue weighted by molar-refractivity contribution is 0.0710. The molecule has 0 aliphatic carbocycles. The molecule has 138 valence electrons. The van der Waals surface area contributed by atoms with Crippen LogP contribution in [0.2, 0.25) is 0 Å². The van der Waals surface area contributed by atoms with E-state index in [-0.39, 0.29) is 17.5 Å². The van der Waals surface area contributed by atoms with Crippen LogP contribution in [0, 0.1) is 0 Å². The molecule has 1 N–H and O–H groups in total. The molecule has 1 amide bonds. The SMILES string of the molecule is O=C(c1ccccc1)N1CCC(c2n[nH]c(=O)n2Cc2ccccc2)CC1. The molecule has 0 saturated carbocycles. The Morgan fingerprint density at radius 3 is 2.30 bits per heavy atom. The van der Waals surface area contributed by atoms with Gasteiger partial charge in [-0.1, -0.05) is 48.5 Å². The molecule has 0 bridgehead atoms. The normalized spacial score (nSPS) is 15.0. The molecule has 1 saturated heterocycles. The number of amides is 1. The number of likely N-dealkylation sites (tertiary alicyclic amines) is 1. The number of nitrogens with one attached hydrogen (secondary N) is 1. The van der Waals surface area contributed by atoms with Gasteiger partial charge in [-0.15, -0.1) is 0 Å². The van der Waals surface area contributed by atoms with Crippen molar-refractivity contribution >= 4 is 5.91 Å². The Kier molecular flexibility index (Phi) is 4.87. The van der Waals surface area contributed by atoms with Crippen molar-refractivity contribution in [3.05, 3.63) is 88.1 Å². The van der Waals surface area contributed by atoms with E-state index in [1.54, 1.807) is 4.57 Å². The van der Waals surface area contributed by atoms with E-state index in [1.807, 2.05) is 65.6 Å². The van der Waals surface area contributed by atoms with Crippen LogP contribution in [0.3, 0.4) is 0 Å². The maximum absolute atomic E-state index is 12.6. The van der Waals surface area contributed by atoms with Crippen LogP contribution in [0.4, 0.5) is 0 Å². The van der Waals surface area contributed by atoms with E-state index in [1.165, 1.54) is 0 Å². The summed E-state index contributed by atoms with van der Waals surface area (Å²) in [5.74, 6) is 1.03. The van der Waals surface area contributed by atoms with E-state index < -0.39 is 0 Å². The fraction of sp³-hybridized carbons (Fsp3) is 0.286. The van der Waals surface area contributed by atoms with Gasteiger partial charge in [0.05, 0.1) is 6.54 Å². The van der Waals surface area contributed by atoms with Crippen molar-refractivity contribution < 1.29 is 4.79 Å². The van der Waals surface area contributed by atoms with Crippen molar-refractivity contribution in [2.75, 3.05) is 13.1 Å². The number of hydrogen-bond acceptors (Lipinski definition) is 3. The Hall–Kier alpha value is -3.15. The van der Waals surface area contributed by atoms with E-state index in [2.05, 4.69) is 10.2 Å². The molecular formula is C21H22N4O2. The number of H-pyrrole nitrogens is 1. The zero-order valence-corrected chi connectivity index (χ0v) is 15.0. The number of nitrogens with zero attached hydrogens (tertiary/aromatic N) is 3. The number of benzene rings is 2. The van der Waals surface area contributed by atoms with Crippen molar-refractivity contribution in [3.63, 3.8) is 0 Å². The molecule has 0 unspecified atom stereocenters. The highest BCUT2D eigenvalue weighted by Gasteiger charge is 2.28. The van der Waals surface area contributed by atoms with Gasteiger partial charge in [0, 0.05) is 24.6 Å². The Morgan fingerprint density at radius 1 is 1.00 bits per heavy atom. The summed E-state index contributed by atoms with van der Waals surface area (Å²) in [5, 5.41) is 6.88. The van der Waals surface area contributed by atoms with Crippen molar-refractivity contribution in [3.8, 4) is 0 Å². The minimum atomic E-state index is -0.184. The Balaban J connectivity index is 1.46. The van der Waals surface area contributed by atoms with E-state index in [4.69, 9.17) is 0 Å². The van der Waals surface area contributed by atoms with Gasteiger partial charge in [-0.05, 0) is 30.5 Å². The third-order valence-electron chi connectivity index (χ3n) is 5.14. The van der Waals surface area contributed by atoms with Gasteiger partial charge in [0.15, 0.2) is 0 Å². The third kappa shape index (κ3) is 3.69. The summed E-state index contributed by atoms with van der Waals surface area (Å²) in [5.41, 5.74) is 1.60. The lowest BCUT2D eigenvalue weighted by Crippen LogP contribution is -2.38. The largest absolute Gasteiger partial charge is 0.343 e. The van der Waals surface area contributed by atoms with E-state index >= 15 is 0 Å². The maximum Gasteiger partial charge on any atom is 0.343 e. The average Bonchev–Trinajstić information content (AvgIpc) is 3.09. The van der Waals surface area contributed by atoms with Crippen LogP contribution in [-0.4, -0.2) is 38.7 Å². The lowest BCUT2D eigenvalue weighted by Gasteiger charge is -2.31. The van der Waals surface area contributed by atoms with Crippen LogP contribution >= 0.6 is 0 Å². The predicted octanol–water partition coefficient (Wildman–Crippen LogP) is 2.64. The molecule has 4 rings (SSSR count). The van der Waals surface area contributed by atoms with E-state index in [0.29, 0.717) is 19.6 Å². The Morgan fingerprint density at radius 2 is 1.63 bits per heavy atom. The molecule has 1 aliphatic heterocycles. The van der Waals surface area contributed by atoms with E-state index in [9.17, 15) is 9.59 Å². The topological polar surface area (TPSA) is 71.0 Å². The molecule has 2 aromatic carbocycles. The van der Waals surface area contributed by atoms with Gasteiger partial charge in [0.25, 0.3) is 5.91 Å². The summed E-state index contributed by atoms with van der Waals surface area (Å²) >= 11 is 0. The standard InChI is InChI=1S/C21H22N4O2/c26-20(18-9-5-2-6-10-18)24-13-11-17(12-14-24)19-22-23-21(27)25(19)15-16-7-3-1-4-8-16/h1-10,17H,11-15H2,(H,23,27). The molecule has 1 aliphatic rings. The summed E-state index contributed by atoms with van der Waals surface area (Å²) in [6.07, 6.45) is 1.61. The smallest absolute Gasteiger partial charge is 0.339 e. The second kappa shape index (κ2) is 7.61. The molecule has 1 aromatic heterocycles. The fourth-order valence-corrected chi connectivity index (χ4v) is 3.66. The number of aromatic amines is 1. The molecule has 0 atom stereocenters. The molecule has 2 heterocycles. The van der Waals surface area contributed by atoms with Gasteiger partial charge in [0.1, 0.15) is 5.82 Å². The summed E-state index contributed by atoms with van der Waals surface area (Å²) in [4.78, 5) is 26.7. The first-order valence-electron chi connectivity index (χ1n) is 9.26. The highest BCUT2D eigenvalue weighted by Crippen LogP contribution is 2.27. The van der Waals surface area contributed by atoms with Crippen LogP contribution in [-0.2, 0) is 6.54 Å². The van der Waals surface area contributed by atoms with Crippen LogP contribution in [0.5, 0.6) is 0 Å². The van der Waals surface area contributed by atoms with Gasteiger partial charge < -0.3 is 4.90 Å². The average molecular weight is 362 g/mol. The summed E-state index contributed by atoms with van der Waals surface area (Å²) in [6, 6.07) is 19.3. The van der Waals surface area contributed by atoms with Crippen LogP contribution in [0.25, 0.3) is 0 Å². The Bertz CT molecular complexity index is 955. The molecule has 3 aromatic rings. The molecular weight excluding hydrogens is 340 g/mol. The van der Waals surface area contributed by atoms with Crippen molar-refractivity contribution in [1.29, 1.82) is 0 Å². The molecule has 0 spiro atoms. The zero-order valence-electron chi connectivity index (χ0n) is 15.0. The number of carbonyl (C=O) groups excluding carboxylic acids is 1. The van der Waals surface area contributed by atoms with Gasteiger partial charge in [-0.3, -0.25) is 9.36 Å². The molecule has 0 radical (unpaired) electrons. The Labute approximate surface area is 157 Å². The second-order valence-corrected chi connectivity index (χ2v) is 6.89. The quantitative estimate of drug-likeness (QED) is 0.776. The van der Waals surface area contributed by atoms with Crippen LogP contribution in [0.1, 0.15) is 40.5 Å². The maximum atomic E-state index is 12.6. The van der Waals surface area contributed by atoms with Crippen LogP contribution < -0.4 is 5.69 Å². The van der Waals surface area contributed by atoms with Gasteiger partial charge in [0.2, 0.25) is 0 Å². The minimum absolute atomic E-state index is 0.0674. The van der Waals surface area contributed by atoms with Crippen molar-refractivity contribution in [1.82, 2.24) is 19.7 Å². The van der Waals surface area contributed by atoms with Gasteiger partial charge in [-0.25, -0.2) is 9.89 Å². The summed E-state index contributed by atoms with van der Waals surface area (Å²) < 4.78 is 1.72. The highest BCUT2D eigenvalue weighted by molar-refractivity contribution is 5.94. The highest BCUT2D eigenvalue weighted by atomic mass is 16.2. The lowest BCUT2D eigenvalue weighted by atomic mass is 9.95. The molecule has 1 fully saturated rings. The first kappa shape index (κ1) is 17.3. The number of aromatic nitrogens is 3. The molecule has 6 heteroatoms. The predicted molar refractivity (Wildman–Crippen MR) is 103 cm³/mol. The number of piperidine rings is 1. The first-order chi connectivity index (χ1) is 13.2. The van der Waals surface area contributed by atoms with Gasteiger partial charge in [-0.2, -0.15) is 5.10 Å². The van der Waals surface area contributed by atoms with Crippen molar-refractivity contribution in [2.24, 2.45) is 0 Å². The zero-order chi connectivity index (χ0) is 18.6. The second-order valence-electron chi connectivity index (χ2n) is 6.89. The number of hydrogen-bond donors (Lipinski definition) is 1.